The molecule has 50 heavy (non-hydrogen) atoms. The van der Waals surface area contributed by atoms with Crippen LogP contribution in [0.3, 0.4) is 0 Å². The smallest absolute Gasteiger partial charge is 0.273 e. The molecule has 0 spiro atoms. The highest BCUT2D eigenvalue weighted by Gasteiger charge is 2.41. The molecule has 2 saturated heterocycles. The van der Waals surface area contributed by atoms with Gasteiger partial charge in [0.2, 0.25) is 0 Å². The van der Waals surface area contributed by atoms with E-state index in [-0.39, 0.29) is 36.1 Å². The second kappa shape index (κ2) is 16.4. The average molecular weight is 687 g/mol. The van der Waals surface area contributed by atoms with E-state index in [1.54, 1.807) is 0 Å². The minimum absolute atomic E-state index is 0.0859. The predicted molar refractivity (Wildman–Crippen MR) is 196 cm³/mol. The first-order valence-corrected chi connectivity index (χ1v) is 19.9. The van der Waals surface area contributed by atoms with Crippen molar-refractivity contribution in [3.8, 4) is 0 Å². The number of carbonyl (C=O) groups excluding carboxylic acids is 2. The quantitative estimate of drug-likeness (QED) is 0.350. The number of aliphatic hydroxyl groups is 2. The molecule has 2 aromatic rings. The molecule has 4 heterocycles. The van der Waals surface area contributed by atoms with Crippen molar-refractivity contribution in [2.75, 3.05) is 36.0 Å². The molecule has 10 nitrogen and oxygen atoms in total. The van der Waals surface area contributed by atoms with E-state index in [2.05, 4.69) is 19.6 Å². The Morgan fingerprint density at radius 3 is 1.14 bits per heavy atom. The van der Waals surface area contributed by atoms with Crippen molar-refractivity contribution in [2.45, 2.75) is 152 Å². The summed E-state index contributed by atoms with van der Waals surface area (Å²) in [5, 5.41) is 19.6. The number of carbonyl (C=O) groups is 2. The van der Waals surface area contributed by atoms with Crippen molar-refractivity contribution >= 4 is 23.5 Å². The van der Waals surface area contributed by atoms with Crippen LogP contribution < -0.4 is 9.80 Å². The molecule has 4 saturated carbocycles. The summed E-state index contributed by atoms with van der Waals surface area (Å²) in [6.45, 7) is 4.16. The Bertz CT molecular complexity index is 1310. The number of piperidine rings is 2. The third-order valence-corrected chi connectivity index (χ3v) is 11.7. The lowest BCUT2D eigenvalue weighted by atomic mass is 9.91. The van der Waals surface area contributed by atoms with Gasteiger partial charge < -0.3 is 29.8 Å². The third-order valence-electron chi connectivity index (χ3n) is 11.7. The molecule has 0 bridgehead atoms. The molecular formula is C40H58N6O4. The Kier molecular flexibility index (Phi) is 11.5. The van der Waals surface area contributed by atoms with Crippen LogP contribution in [-0.4, -0.2) is 104 Å². The molecule has 0 unspecified atom stereocenters. The van der Waals surface area contributed by atoms with Gasteiger partial charge in [-0.25, -0.2) is 9.97 Å². The van der Waals surface area contributed by atoms with Gasteiger partial charge in [-0.1, -0.05) is 12.1 Å². The molecule has 2 N–H and O–H groups in total. The summed E-state index contributed by atoms with van der Waals surface area (Å²) < 4.78 is 0. The highest BCUT2D eigenvalue weighted by molar-refractivity contribution is 5.94. The minimum atomic E-state index is -0.187. The molecule has 2 aliphatic heterocycles. The van der Waals surface area contributed by atoms with E-state index in [0.717, 1.165) is 115 Å². The fraction of sp³-hybridized carbons (Fsp3) is 0.700. The lowest BCUT2D eigenvalue weighted by molar-refractivity contribution is 0.0467. The maximum Gasteiger partial charge on any atom is 0.273 e. The second-order valence-corrected chi connectivity index (χ2v) is 15.7. The highest BCUT2D eigenvalue weighted by atomic mass is 16.3. The van der Waals surface area contributed by atoms with Crippen molar-refractivity contribution in [1.82, 2.24) is 19.8 Å². The fourth-order valence-corrected chi connectivity index (χ4v) is 8.59. The van der Waals surface area contributed by atoms with Crippen molar-refractivity contribution in [2.24, 2.45) is 0 Å². The summed E-state index contributed by atoms with van der Waals surface area (Å²) in [6.07, 6.45) is 18.3. The van der Waals surface area contributed by atoms with Crippen LogP contribution in [0.4, 0.5) is 11.6 Å². The van der Waals surface area contributed by atoms with E-state index in [1.165, 1.54) is 38.5 Å². The number of hydrogen-bond donors (Lipinski definition) is 2. The summed E-state index contributed by atoms with van der Waals surface area (Å²) in [4.78, 5) is 44.7. The topological polar surface area (TPSA) is 113 Å². The summed E-state index contributed by atoms with van der Waals surface area (Å²) in [5.41, 5.74) is 1.17. The van der Waals surface area contributed by atoms with Gasteiger partial charge in [-0.05, 0) is 140 Å². The van der Waals surface area contributed by atoms with Crippen molar-refractivity contribution < 1.29 is 19.8 Å². The van der Waals surface area contributed by atoms with E-state index < -0.39 is 0 Å². The summed E-state index contributed by atoms with van der Waals surface area (Å²) >= 11 is 0. The zero-order valence-corrected chi connectivity index (χ0v) is 29.9. The zero-order chi connectivity index (χ0) is 34.5. The summed E-state index contributed by atoms with van der Waals surface area (Å²) in [6, 6.07) is 13.0. The molecule has 2 aromatic heterocycles. The molecule has 2 amide bonds. The SMILES string of the molecule is O=C(c1cccc(N2CCCCC2)n1)N(C1CCC(O)CC1)C1CC1.O=C(c1cccc(N2CCCCC2)n1)N(C1CCC(O)CC1)C1CC1. The molecule has 4 aliphatic carbocycles. The maximum atomic E-state index is 13.2. The van der Waals surface area contributed by atoms with E-state index in [1.807, 2.05) is 36.4 Å². The van der Waals surface area contributed by atoms with Crippen LogP contribution in [0.1, 0.15) is 137 Å². The standard InChI is InChI=1S/2C20H29N3O2/c2*24-17-11-9-16(10-12-17)23(15-7-8-15)20(25)18-5-4-6-19(21-18)22-13-2-1-3-14-22/h2*4-6,15-17,24H,1-3,7-14H2. The van der Waals surface area contributed by atoms with Gasteiger partial charge in [0.25, 0.3) is 11.8 Å². The number of aliphatic hydroxyl groups excluding tert-OH is 2. The second-order valence-electron chi connectivity index (χ2n) is 15.7. The average Bonchev–Trinajstić information content (AvgIpc) is 4.11. The number of hydrogen-bond acceptors (Lipinski definition) is 8. The Hall–Kier alpha value is -3.24. The highest BCUT2D eigenvalue weighted by Crippen LogP contribution is 2.36. The molecule has 0 atom stereocenters. The number of nitrogens with zero attached hydrogens (tertiary/aromatic N) is 6. The molecule has 272 valence electrons. The molecule has 10 heteroatoms. The van der Waals surface area contributed by atoms with Crippen molar-refractivity contribution in [1.29, 1.82) is 0 Å². The summed E-state index contributed by atoms with van der Waals surface area (Å²) in [7, 11) is 0. The number of rotatable bonds is 8. The largest absolute Gasteiger partial charge is 0.393 e. The molecule has 6 aliphatic rings. The minimum Gasteiger partial charge on any atom is -0.393 e. The van der Waals surface area contributed by atoms with E-state index in [9.17, 15) is 19.8 Å². The Labute approximate surface area is 298 Å². The lowest BCUT2D eigenvalue weighted by Gasteiger charge is -2.36. The third kappa shape index (κ3) is 8.79. The van der Waals surface area contributed by atoms with Crippen LogP contribution in [0, 0.1) is 0 Å². The van der Waals surface area contributed by atoms with E-state index in [4.69, 9.17) is 9.97 Å². The van der Waals surface area contributed by atoms with Crippen molar-refractivity contribution in [3.05, 3.63) is 47.8 Å². The van der Waals surface area contributed by atoms with Gasteiger partial charge in [0.15, 0.2) is 0 Å². The van der Waals surface area contributed by atoms with E-state index >= 15 is 0 Å². The Morgan fingerprint density at radius 2 is 0.820 bits per heavy atom. The number of amides is 2. The van der Waals surface area contributed by atoms with Gasteiger partial charge in [0, 0.05) is 50.3 Å². The van der Waals surface area contributed by atoms with Gasteiger partial charge >= 0.3 is 0 Å². The zero-order valence-electron chi connectivity index (χ0n) is 29.9. The van der Waals surface area contributed by atoms with Gasteiger partial charge in [-0.15, -0.1) is 0 Å². The lowest BCUT2D eigenvalue weighted by Crippen LogP contribution is -2.44. The Morgan fingerprint density at radius 1 is 0.500 bits per heavy atom. The maximum absolute atomic E-state index is 13.2. The first kappa shape index (κ1) is 35.2. The van der Waals surface area contributed by atoms with Crippen LogP contribution in [0.5, 0.6) is 0 Å². The molecular weight excluding hydrogens is 628 g/mol. The van der Waals surface area contributed by atoms with Crippen LogP contribution in [0.15, 0.2) is 36.4 Å². The fourth-order valence-electron chi connectivity index (χ4n) is 8.59. The first-order chi connectivity index (χ1) is 24.4. The molecule has 8 rings (SSSR count). The predicted octanol–water partition coefficient (Wildman–Crippen LogP) is 5.96. The van der Waals surface area contributed by atoms with Crippen molar-refractivity contribution in [3.63, 3.8) is 0 Å². The van der Waals surface area contributed by atoms with Crippen LogP contribution in [-0.2, 0) is 0 Å². The molecule has 6 fully saturated rings. The molecule has 0 radical (unpaired) electrons. The van der Waals surface area contributed by atoms with Gasteiger partial charge in [0.05, 0.1) is 12.2 Å². The van der Waals surface area contributed by atoms with Gasteiger partial charge in [0.1, 0.15) is 23.0 Å². The number of anilines is 2. The van der Waals surface area contributed by atoms with Gasteiger partial charge in [-0.3, -0.25) is 9.59 Å². The van der Waals surface area contributed by atoms with Crippen LogP contribution in [0.2, 0.25) is 0 Å². The number of aromatic nitrogens is 2. The van der Waals surface area contributed by atoms with Gasteiger partial charge in [-0.2, -0.15) is 0 Å². The molecule has 0 aromatic carbocycles. The van der Waals surface area contributed by atoms with Crippen LogP contribution >= 0.6 is 0 Å². The normalized spacial score (nSPS) is 27.2. The monoisotopic (exact) mass is 686 g/mol. The summed E-state index contributed by atoms with van der Waals surface area (Å²) in [5.74, 6) is 2.06. The number of pyridine rings is 2. The Balaban J connectivity index is 0.000000157. The van der Waals surface area contributed by atoms with E-state index in [0.29, 0.717) is 23.5 Å². The first-order valence-electron chi connectivity index (χ1n) is 19.9. The van der Waals surface area contributed by atoms with Crippen LogP contribution in [0.25, 0.3) is 0 Å².